The molecule has 0 bridgehead atoms. The molecule has 1 N–H and O–H groups in total. The first-order valence-electron chi connectivity index (χ1n) is 12.5. The Morgan fingerprint density at radius 1 is 1.20 bits per heavy atom. The van der Waals surface area contributed by atoms with Crippen molar-refractivity contribution >= 4 is 37.5 Å². The second kappa shape index (κ2) is 11.0. The van der Waals surface area contributed by atoms with Crippen LogP contribution in [0.2, 0.25) is 0 Å². The molecule has 5 rings (SSSR count). The lowest BCUT2D eigenvalue weighted by atomic mass is 10.1. The number of carbonyl (C=O) groups is 1. The van der Waals surface area contributed by atoms with Crippen LogP contribution < -0.4 is 5.32 Å². The number of nitrogens with zero attached hydrogens (tertiary/aromatic N) is 5. The number of amides is 1. The van der Waals surface area contributed by atoms with Crippen LogP contribution in [0.1, 0.15) is 48.4 Å². The number of halogens is 1. The van der Waals surface area contributed by atoms with E-state index in [1.54, 1.807) is 81.3 Å². The molecule has 0 radical (unpaired) electrons. The number of hydrogen-bond donors (Lipinski definition) is 1. The zero-order chi connectivity index (χ0) is 29.4. The Labute approximate surface area is 239 Å². The molecule has 0 saturated carbocycles. The zero-order valence-corrected chi connectivity index (χ0v) is 24.3. The predicted molar refractivity (Wildman–Crippen MR) is 150 cm³/mol. The second-order valence-corrected chi connectivity index (χ2v) is 13.5. The molecular formula is C27H27FN6O5S2. The normalized spacial score (nSPS) is 12.9. The average Bonchev–Trinajstić information content (AvgIpc) is 3.61. The summed E-state index contributed by atoms with van der Waals surface area (Å²) in [5.41, 5.74) is 1.05. The smallest absolute Gasteiger partial charge is 0.408 e. The molecular weight excluding hydrogens is 571 g/mol. The molecule has 1 amide bonds. The van der Waals surface area contributed by atoms with Gasteiger partial charge in [0.05, 0.1) is 28.7 Å². The summed E-state index contributed by atoms with van der Waals surface area (Å²) in [5.74, 6) is -1.07. The van der Waals surface area contributed by atoms with E-state index in [1.807, 2.05) is 0 Å². The van der Waals surface area contributed by atoms with Gasteiger partial charge < -0.3 is 14.5 Å². The number of alkyl carbamates (subject to hydrolysis) is 1. The molecule has 3 aromatic heterocycles. The van der Waals surface area contributed by atoms with Crippen molar-refractivity contribution in [3.8, 4) is 11.1 Å². The molecule has 41 heavy (non-hydrogen) atoms. The van der Waals surface area contributed by atoms with Crippen molar-refractivity contribution in [1.82, 2.24) is 30.3 Å². The molecule has 1 unspecified atom stereocenters. The molecule has 0 fully saturated rings. The fraction of sp³-hybridized carbons (Fsp3) is 0.296. The Morgan fingerprint density at radius 2 is 1.95 bits per heavy atom. The maximum absolute atomic E-state index is 15.0. The van der Waals surface area contributed by atoms with Gasteiger partial charge in [0.15, 0.2) is 15.1 Å². The molecule has 0 spiro atoms. The molecule has 1 atom stereocenters. The topological polar surface area (TPSA) is 142 Å². The highest BCUT2D eigenvalue weighted by molar-refractivity contribution is 7.91. The number of aryl methyl sites for hydroxylation is 1. The number of hydrogen-bond acceptors (Lipinski definition) is 10. The number of ether oxygens (including phenoxy) is 1. The van der Waals surface area contributed by atoms with Crippen LogP contribution in [-0.2, 0) is 33.9 Å². The number of fused-ring (bicyclic) bond motifs is 1. The van der Waals surface area contributed by atoms with Crippen LogP contribution in [0, 0.1) is 5.82 Å². The SMILES string of the molecule is Cn1cc(-c2cc3sc(C(c4nnc(CNC(=O)OC(C)(C)C)o4)S(=O)(=O)Cc4ccccc4)nc3cc2F)cn1. The largest absolute Gasteiger partial charge is 0.444 e. The minimum atomic E-state index is -4.01. The van der Waals surface area contributed by atoms with Crippen molar-refractivity contribution in [1.29, 1.82) is 0 Å². The highest BCUT2D eigenvalue weighted by atomic mass is 32.2. The van der Waals surface area contributed by atoms with Crippen LogP contribution in [0.15, 0.2) is 59.3 Å². The lowest BCUT2D eigenvalue weighted by molar-refractivity contribution is 0.0518. The first kappa shape index (κ1) is 28.4. The average molecular weight is 599 g/mol. The highest BCUT2D eigenvalue weighted by Crippen LogP contribution is 2.38. The van der Waals surface area contributed by atoms with Gasteiger partial charge in [-0.1, -0.05) is 30.3 Å². The summed E-state index contributed by atoms with van der Waals surface area (Å²) < 4.78 is 55.8. The van der Waals surface area contributed by atoms with Crippen molar-refractivity contribution in [2.45, 2.75) is 43.9 Å². The molecule has 0 aliphatic carbocycles. The quantitative estimate of drug-likeness (QED) is 0.263. The van der Waals surface area contributed by atoms with E-state index >= 15 is 4.39 Å². The molecule has 0 aliphatic heterocycles. The standard InChI is InChI=1S/C27H27FN6O5S2/c1-27(2,3)39-26(35)29-13-22-32-33-24(38-22)23(41(36,37)15-16-8-6-5-7-9-16)25-31-20-11-19(28)18(10-21(20)40-25)17-12-30-34(4)14-17/h5-12,14,23H,13,15H2,1-4H3,(H,29,35). The Kier molecular flexibility index (Phi) is 7.62. The van der Waals surface area contributed by atoms with Crippen LogP contribution >= 0.6 is 11.3 Å². The fourth-order valence-corrected chi connectivity index (χ4v) is 7.20. The monoisotopic (exact) mass is 598 g/mol. The lowest BCUT2D eigenvalue weighted by Gasteiger charge is -2.19. The van der Waals surface area contributed by atoms with Crippen LogP contribution in [0.25, 0.3) is 21.3 Å². The minimum Gasteiger partial charge on any atom is -0.444 e. The summed E-state index contributed by atoms with van der Waals surface area (Å²) in [5, 5.41) is 13.3. The third-order valence-electron chi connectivity index (χ3n) is 5.79. The third-order valence-corrected chi connectivity index (χ3v) is 8.90. The zero-order valence-electron chi connectivity index (χ0n) is 22.7. The van der Waals surface area contributed by atoms with Gasteiger partial charge in [0.2, 0.25) is 11.8 Å². The Bertz CT molecular complexity index is 1810. The van der Waals surface area contributed by atoms with Gasteiger partial charge >= 0.3 is 6.09 Å². The third kappa shape index (κ3) is 6.60. The Balaban J connectivity index is 1.51. The number of thiazole rings is 1. The molecule has 5 aromatic rings. The molecule has 3 heterocycles. The second-order valence-electron chi connectivity index (χ2n) is 10.3. The van der Waals surface area contributed by atoms with Gasteiger partial charge in [-0.05, 0) is 32.4 Å². The van der Waals surface area contributed by atoms with Crippen molar-refractivity contribution in [3.05, 3.63) is 83.0 Å². The van der Waals surface area contributed by atoms with Gasteiger partial charge in [-0.3, -0.25) is 4.68 Å². The number of aromatic nitrogens is 5. The van der Waals surface area contributed by atoms with Gasteiger partial charge in [0.1, 0.15) is 16.4 Å². The van der Waals surface area contributed by atoms with E-state index in [0.29, 0.717) is 26.9 Å². The van der Waals surface area contributed by atoms with E-state index in [4.69, 9.17) is 9.15 Å². The maximum Gasteiger partial charge on any atom is 0.408 e. The molecule has 214 valence electrons. The first-order valence-corrected chi connectivity index (χ1v) is 15.0. The summed E-state index contributed by atoms with van der Waals surface area (Å²) in [6, 6.07) is 11.6. The number of sulfone groups is 1. The van der Waals surface area contributed by atoms with Gasteiger partial charge in [0.25, 0.3) is 0 Å². The van der Waals surface area contributed by atoms with E-state index in [-0.39, 0.29) is 29.1 Å². The molecule has 2 aromatic carbocycles. The van der Waals surface area contributed by atoms with E-state index < -0.39 is 32.6 Å². The van der Waals surface area contributed by atoms with Crippen LogP contribution in [0.5, 0.6) is 0 Å². The highest BCUT2D eigenvalue weighted by Gasteiger charge is 2.37. The Hall–Kier alpha value is -4.17. The van der Waals surface area contributed by atoms with Crippen molar-refractivity contribution in [3.63, 3.8) is 0 Å². The summed E-state index contributed by atoms with van der Waals surface area (Å²) in [6.07, 6.45) is 2.54. The summed E-state index contributed by atoms with van der Waals surface area (Å²) in [6.45, 7) is 5.00. The summed E-state index contributed by atoms with van der Waals surface area (Å²) >= 11 is 1.09. The molecule has 0 aliphatic rings. The van der Waals surface area contributed by atoms with Gasteiger partial charge in [-0.15, -0.1) is 21.5 Å². The van der Waals surface area contributed by atoms with E-state index in [9.17, 15) is 13.2 Å². The number of rotatable bonds is 8. The van der Waals surface area contributed by atoms with Crippen molar-refractivity contribution in [2.24, 2.45) is 7.05 Å². The lowest BCUT2D eigenvalue weighted by Crippen LogP contribution is -2.32. The van der Waals surface area contributed by atoms with Crippen LogP contribution in [0.4, 0.5) is 9.18 Å². The van der Waals surface area contributed by atoms with Gasteiger partial charge in [-0.25, -0.2) is 22.6 Å². The van der Waals surface area contributed by atoms with Crippen LogP contribution in [0.3, 0.4) is 0 Å². The number of carbonyl (C=O) groups excluding carboxylic acids is 1. The molecule has 14 heteroatoms. The summed E-state index contributed by atoms with van der Waals surface area (Å²) in [4.78, 5) is 16.5. The first-order chi connectivity index (χ1) is 19.4. The fourth-order valence-electron chi connectivity index (χ4n) is 4.07. The maximum atomic E-state index is 15.0. The molecule has 0 saturated heterocycles. The number of benzene rings is 2. The van der Waals surface area contributed by atoms with E-state index in [1.165, 1.54) is 6.07 Å². The van der Waals surface area contributed by atoms with Crippen molar-refractivity contribution in [2.75, 3.05) is 0 Å². The predicted octanol–water partition coefficient (Wildman–Crippen LogP) is 4.95. The summed E-state index contributed by atoms with van der Waals surface area (Å²) in [7, 11) is -2.28. The van der Waals surface area contributed by atoms with E-state index in [0.717, 1.165) is 11.3 Å². The molecule has 11 nitrogen and oxygen atoms in total. The Morgan fingerprint density at radius 3 is 2.63 bits per heavy atom. The van der Waals surface area contributed by atoms with Gasteiger partial charge in [0, 0.05) is 30.4 Å². The van der Waals surface area contributed by atoms with Crippen molar-refractivity contribution < 1.29 is 26.8 Å². The number of nitrogens with one attached hydrogen (secondary N) is 1. The van der Waals surface area contributed by atoms with Gasteiger partial charge in [-0.2, -0.15) is 5.10 Å². The van der Waals surface area contributed by atoms with Crippen LogP contribution in [-0.4, -0.2) is 45.1 Å². The van der Waals surface area contributed by atoms with E-state index in [2.05, 4.69) is 25.6 Å². The minimum absolute atomic E-state index is 0.0169.